The summed E-state index contributed by atoms with van der Waals surface area (Å²) in [6, 6.07) is 7.94. The summed E-state index contributed by atoms with van der Waals surface area (Å²) in [4.78, 5) is 7.07. The molecule has 0 bridgehead atoms. The molecule has 3 rings (SSSR count). The predicted molar refractivity (Wildman–Crippen MR) is 58.2 cm³/mol. The van der Waals surface area contributed by atoms with Crippen LogP contribution in [-0.2, 0) is 0 Å². The molecule has 0 atom stereocenters. The molecule has 0 amide bonds. The van der Waals surface area contributed by atoms with Crippen molar-refractivity contribution in [3.8, 4) is 0 Å². The topological polar surface area (TPSA) is 40.7 Å². The Morgan fingerprint density at radius 3 is 2.50 bits per heavy atom. The number of aromatic nitrogens is 2. The highest BCUT2D eigenvalue weighted by molar-refractivity contribution is 5.73. The third kappa shape index (κ3) is 2.33. The Kier molecular flexibility index (Phi) is 3.14. The van der Waals surface area contributed by atoms with Crippen molar-refractivity contribution >= 4 is 11.0 Å². The number of H-pyrrole nitrogens is 1. The van der Waals surface area contributed by atoms with Crippen LogP contribution in [0.5, 0.6) is 0 Å². The smallest absolute Gasteiger partial charge is 0.0931 e. The van der Waals surface area contributed by atoms with Crippen LogP contribution in [0.4, 0.5) is 0 Å². The normalized spacial score (nSPS) is 15.1. The van der Waals surface area contributed by atoms with Gasteiger partial charge in [0.25, 0.3) is 0 Å². The Labute approximate surface area is 83.6 Å². The summed E-state index contributed by atoms with van der Waals surface area (Å²) >= 11 is 0. The molecule has 1 saturated heterocycles. The minimum atomic E-state index is 1.03. The number of nitrogens with zero attached hydrogens (tertiary/aromatic N) is 1. The Morgan fingerprint density at radius 1 is 1.07 bits per heavy atom. The van der Waals surface area contributed by atoms with E-state index in [0.29, 0.717) is 0 Å². The van der Waals surface area contributed by atoms with E-state index in [0.717, 1.165) is 11.0 Å². The number of imidazole rings is 1. The molecule has 0 aliphatic carbocycles. The molecule has 2 heterocycles. The third-order valence-electron chi connectivity index (χ3n) is 2.28. The largest absolute Gasteiger partial charge is 0.345 e. The van der Waals surface area contributed by atoms with E-state index in [9.17, 15) is 0 Å². The van der Waals surface area contributed by atoms with Crippen molar-refractivity contribution < 1.29 is 0 Å². The Bertz CT molecular complexity index is 339. The number of nitrogens with one attached hydrogen (secondary N) is 2. The molecule has 0 radical (unpaired) electrons. The van der Waals surface area contributed by atoms with E-state index in [1.807, 2.05) is 24.3 Å². The van der Waals surface area contributed by atoms with Crippen LogP contribution in [0.3, 0.4) is 0 Å². The van der Waals surface area contributed by atoms with Crippen molar-refractivity contribution in [3.63, 3.8) is 0 Å². The molecule has 2 aromatic rings. The van der Waals surface area contributed by atoms with Crippen molar-refractivity contribution in [3.05, 3.63) is 30.6 Å². The molecule has 1 aromatic carbocycles. The average molecular weight is 189 g/mol. The SMILES string of the molecule is C1CCNC1.c1ccc2[nH]cnc2c1. The molecular formula is C11H15N3. The zero-order valence-corrected chi connectivity index (χ0v) is 8.16. The van der Waals surface area contributed by atoms with Crippen LogP contribution < -0.4 is 5.32 Å². The first-order valence-corrected chi connectivity index (χ1v) is 5.05. The van der Waals surface area contributed by atoms with E-state index in [2.05, 4.69) is 15.3 Å². The zero-order valence-electron chi connectivity index (χ0n) is 8.16. The monoisotopic (exact) mass is 189 g/mol. The molecule has 1 fully saturated rings. The van der Waals surface area contributed by atoms with Gasteiger partial charge in [0, 0.05) is 0 Å². The Morgan fingerprint density at radius 2 is 1.86 bits per heavy atom. The standard InChI is InChI=1S/C7H6N2.C4H9N/c1-2-4-7-6(3-1)8-5-9-7;1-2-4-5-3-1/h1-5H,(H,8,9);5H,1-4H2. The second-order valence-electron chi connectivity index (χ2n) is 3.38. The minimum Gasteiger partial charge on any atom is -0.345 e. The first kappa shape index (κ1) is 9.21. The summed E-state index contributed by atoms with van der Waals surface area (Å²) in [6.07, 6.45) is 4.48. The third-order valence-corrected chi connectivity index (χ3v) is 2.28. The number of aromatic amines is 1. The van der Waals surface area contributed by atoms with Crippen molar-refractivity contribution in [2.45, 2.75) is 12.8 Å². The first-order chi connectivity index (χ1) is 6.97. The van der Waals surface area contributed by atoms with Gasteiger partial charge < -0.3 is 10.3 Å². The molecule has 3 heteroatoms. The molecule has 0 unspecified atom stereocenters. The lowest BCUT2D eigenvalue weighted by atomic mass is 10.3. The van der Waals surface area contributed by atoms with E-state index >= 15 is 0 Å². The second kappa shape index (κ2) is 4.77. The highest BCUT2D eigenvalue weighted by Gasteiger charge is 1.93. The van der Waals surface area contributed by atoms with Gasteiger partial charge in [-0.1, -0.05) is 12.1 Å². The number of para-hydroxylation sites is 2. The minimum absolute atomic E-state index is 1.03. The Balaban J connectivity index is 0.000000128. The summed E-state index contributed by atoms with van der Waals surface area (Å²) in [7, 11) is 0. The molecule has 3 nitrogen and oxygen atoms in total. The van der Waals surface area contributed by atoms with Gasteiger partial charge in [0.2, 0.25) is 0 Å². The van der Waals surface area contributed by atoms with Crippen LogP contribution in [0, 0.1) is 0 Å². The lowest BCUT2D eigenvalue weighted by molar-refractivity contribution is 0.857. The van der Waals surface area contributed by atoms with Gasteiger partial charge in [-0.2, -0.15) is 0 Å². The van der Waals surface area contributed by atoms with Crippen LogP contribution in [0.25, 0.3) is 11.0 Å². The summed E-state index contributed by atoms with van der Waals surface area (Å²) in [5.74, 6) is 0. The molecule has 14 heavy (non-hydrogen) atoms. The maximum Gasteiger partial charge on any atom is 0.0931 e. The van der Waals surface area contributed by atoms with Gasteiger partial charge in [0.05, 0.1) is 17.4 Å². The first-order valence-electron chi connectivity index (χ1n) is 5.05. The van der Waals surface area contributed by atoms with Gasteiger partial charge >= 0.3 is 0 Å². The van der Waals surface area contributed by atoms with Crippen molar-refractivity contribution in [2.24, 2.45) is 0 Å². The maximum atomic E-state index is 4.06. The molecule has 74 valence electrons. The molecule has 0 spiro atoms. The lowest BCUT2D eigenvalue weighted by Gasteiger charge is -1.81. The van der Waals surface area contributed by atoms with Crippen molar-refractivity contribution in [2.75, 3.05) is 13.1 Å². The van der Waals surface area contributed by atoms with E-state index in [1.165, 1.54) is 25.9 Å². The van der Waals surface area contributed by atoms with Gasteiger partial charge in [-0.05, 0) is 38.1 Å². The molecule has 2 N–H and O–H groups in total. The van der Waals surface area contributed by atoms with Gasteiger partial charge in [-0.3, -0.25) is 0 Å². The van der Waals surface area contributed by atoms with Crippen LogP contribution in [0.15, 0.2) is 30.6 Å². The van der Waals surface area contributed by atoms with Gasteiger partial charge in [-0.25, -0.2) is 4.98 Å². The van der Waals surface area contributed by atoms with Gasteiger partial charge in [0.1, 0.15) is 0 Å². The van der Waals surface area contributed by atoms with Crippen molar-refractivity contribution in [1.82, 2.24) is 15.3 Å². The summed E-state index contributed by atoms with van der Waals surface area (Å²) in [6.45, 7) is 2.50. The van der Waals surface area contributed by atoms with E-state index in [4.69, 9.17) is 0 Å². The summed E-state index contributed by atoms with van der Waals surface area (Å²) in [5.41, 5.74) is 2.12. The molecule has 1 aromatic heterocycles. The zero-order chi connectivity index (χ0) is 9.64. The van der Waals surface area contributed by atoms with Crippen LogP contribution in [-0.4, -0.2) is 23.1 Å². The van der Waals surface area contributed by atoms with E-state index in [-0.39, 0.29) is 0 Å². The van der Waals surface area contributed by atoms with Crippen LogP contribution >= 0.6 is 0 Å². The quantitative estimate of drug-likeness (QED) is 0.665. The average Bonchev–Trinajstić information content (AvgIpc) is 2.92. The summed E-state index contributed by atoms with van der Waals surface area (Å²) < 4.78 is 0. The molecule has 1 aliphatic rings. The molecular weight excluding hydrogens is 174 g/mol. The van der Waals surface area contributed by atoms with Crippen LogP contribution in [0.1, 0.15) is 12.8 Å². The fourth-order valence-corrected chi connectivity index (χ4v) is 1.50. The highest BCUT2D eigenvalue weighted by atomic mass is 14.9. The Hall–Kier alpha value is -1.35. The second-order valence-corrected chi connectivity index (χ2v) is 3.38. The highest BCUT2D eigenvalue weighted by Crippen LogP contribution is 2.05. The van der Waals surface area contributed by atoms with Gasteiger partial charge in [0.15, 0.2) is 0 Å². The number of hydrogen-bond donors (Lipinski definition) is 2. The van der Waals surface area contributed by atoms with E-state index < -0.39 is 0 Å². The molecule has 0 saturated carbocycles. The van der Waals surface area contributed by atoms with Crippen molar-refractivity contribution in [1.29, 1.82) is 0 Å². The number of benzene rings is 1. The summed E-state index contributed by atoms with van der Waals surface area (Å²) in [5, 5.41) is 3.22. The molecule has 1 aliphatic heterocycles. The predicted octanol–water partition coefficient (Wildman–Crippen LogP) is 1.93. The van der Waals surface area contributed by atoms with E-state index in [1.54, 1.807) is 6.33 Å². The number of rotatable bonds is 0. The van der Waals surface area contributed by atoms with Crippen LogP contribution in [0.2, 0.25) is 0 Å². The maximum absolute atomic E-state index is 4.06. The number of hydrogen-bond acceptors (Lipinski definition) is 2. The fraction of sp³-hybridized carbons (Fsp3) is 0.364. The lowest BCUT2D eigenvalue weighted by Crippen LogP contribution is -2.03. The van der Waals surface area contributed by atoms with Gasteiger partial charge in [-0.15, -0.1) is 0 Å². The number of fused-ring (bicyclic) bond motifs is 1. The fourth-order valence-electron chi connectivity index (χ4n) is 1.50.